The highest BCUT2D eigenvalue weighted by Gasteiger charge is 2.28. The van der Waals surface area contributed by atoms with Crippen molar-refractivity contribution < 1.29 is 18.0 Å². The van der Waals surface area contributed by atoms with Crippen molar-refractivity contribution in [1.29, 1.82) is 0 Å². The zero-order valence-corrected chi connectivity index (χ0v) is 15.5. The van der Waals surface area contributed by atoms with E-state index in [1.807, 2.05) is 0 Å². The second-order valence-corrected chi connectivity index (χ2v) is 8.05. The molecule has 7 nitrogen and oxygen atoms in total. The van der Waals surface area contributed by atoms with Gasteiger partial charge in [-0.15, -0.1) is 0 Å². The van der Waals surface area contributed by atoms with Crippen LogP contribution in [0.5, 0.6) is 0 Å². The summed E-state index contributed by atoms with van der Waals surface area (Å²) in [6.45, 7) is 5.09. The standard InChI is InChI=1S/C17H25N3O4S/c1-3-20(4-2)25(23,24)15-9-5-7-13(11-15)17(22)19-10-6-8-14(12-19)16(18)21/h5,7,9,11,14H,3-4,6,8,10,12H2,1-2H3,(H2,18,21)/t14-/m1/s1. The molecule has 0 spiro atoms. The van der Waals surface area contributed by atoms with Crippen molar-refractivity contribution >= 4 is 21.8 Å². The van der Waals surface area contributed by atoms with Crippen molar-refractivity contribution in [3.8, 4) is 0 Å². The van der Waals surface area contributed by atoms with Crippen LogP contribution >= 0.6 is 0 Å². The van der Waals surface area contributed by atoms with Crippen LogP contribution in [0.25, 0.3) is 0 Å². The van der Waals surface area contributed by atoms with E-state index in [2.05, 4.69) is 0 Å². The lowest BCUT2D eigenvalue weighted by molar-refractivity contribution is -0.123. The zero-order chi connectivity index (χ0) is 18.6. The summed E-state index contributed by atoms with van der Waals surface area (Å²) in [6, 6.07) is 6.06. The molecule has 0 bridgehead atoms. The molecule has 0 saturated carbocycles. The molecule has 2 amide bonds. The lowest BCUT2D eigenvalue weighted by Crippen LogP contribution is -2.44. The van der Waals surface area contributed by atoms with Crippen molar-refractivity contribution in [2.45, 2.75) is 31.6 Å². The van der Waals surface area contributed by atoms with E-state index in [1.165, 1.54) is 16.4 Å². The van der Waals surface area contributed by atoms with Crippen molar-refractivity contribution in [3.05, 3.63) is 29.8 Å². The highest BCUT2D eigenvalue weighted by Crippen LogP contribution is 2.21. The van der Waals surface area contributed by atoms with Gasteiger partial charge < -0.3 is 10.6 Å². The summed E-state index contributed by atoms with van der Waals surface area (Å²) < 4.78 is 26.6. The fourth-order valence-electron chi connectivity index (χ4n) is 3.08. The van der Waals surface area contributed by atoms with E-state index in [9.17, 15) is 18.0 Å². The number of amides is 2. The van der Waals surface area contributed by atoms with E-state index in [1.54, 1.807) is 30.9 Å². The Morgan fingerprint density at radius 3 is 2.56 bits per heavy atom. The molecular formula is C17H25N3O4S. The summed E-state index contributed by atoms with van der Waals surface area (Å²) in [7, 11) is -3.62. The number of benzene rings is 1. The molecule has 1 aliphatic rings. The van der Waals surface area contributed by atoms with Crippen LogP contribution in [-0.4, -0.2) is 55.6 Å². The molecule has 8 heteroatoms. The molecule has 2 rings (SSSR count). The van der Waals surface area contributed by atoms with E-state index >= 15 is 0 Å². The van der Waals surface area contributed by atoms with E-state index < -0.39 is 15.9 Å². The third-order valence-electron chi connectivity index (χ3n) is 4.54. The molecule has 1 heterocycles. The first kappa shape index (κ1) is 19.4. The number of carbonyl (C=O) groups excluding carboxylic acids is 2. The van der Waals surface area contributed by atoms with Crippen molar-refractivity contribution in [2.75, 3.05) is 26.2 Å². The maximum atomic E-state index is 12.7. The van der Waals surface area contributed by atoms with Crippen molar-refractivity contribution in [1.82, 2.24) is 9.21 Å². The summed E-state index contributed by atoms with van der Waals surface area (Å²) >= 11 is 0. The molecule has 2 N–H and O–H groups in total. The minimum Gasteiger partial charge on any atom is -0.369 e. The Bertz CT molecular complexity index is 744. The highest BCUT2D eigenvalue weighted by molar-refractivity contribution is 7.89. The molecule has 1 aliphatic heterocycles. The number of primary amides is 1. The average molecular weight is 367 g/mol. The topological polar surface area (TPSA) is 101 Å². The number of rotatable bonds is 6. The largest absolute Gasteiger partial charge is 0.369 e. The molecule has 1 saturated heterocycles. The number of piperidine rings is 1. The molecule has 25 heavy (non-hydrogen) atoms. The quantitative estimate of drug-likeness (QED) is 0.812. The molecule has 0 aliphatic carbocycles. The van der Waals surface area contributed by atoms with Gasteiger partial charge in [0.15, 0.2) is 0 Å². The van der Waals surface area contributed by atoms with Gasteiger partial charge in [-0.05, 0) is 31.0 Å². The summed E-state index contributed by atoms with van der Waals surface area (Å²) in [5, 5.41) is 0. The first-order valence-corrected chi connectivity index (χ1v) is 9.94. The van der Waals surface area contributed by atoms with Gasteiger partial charge in [0.05, 0.1) is 10.8 Å². The van der Waals surface area contributed by atoms with Crippen molar-refractivity contribution in [3.63, 3.8) is 0 Å². The fraction of sp³-hybridized carbons (Fsp3) is 0.529. The van der Waals surface area contributed by atoms with Crippen LogP contribution in [0.2, 0.25) is 0 Å². The fourth-order valence-corrected chi connectivity index (χ4v) is 4.58. The normalized spacial score (nSPS) is 18.4. The molecule has 0 radical (unpaired) electrons. The maximum Gasteiger partial charge on any atom is 0.253 e. The summed E-state index contributed by atoms with van der Waals surface area (Å²) in [6.07, 6.45) is 1.38. The van der Waals surface area contributed by atoms with Crippen LogP contribution in [0.4, 0.5) is 0 Å². The van der Waals surface area contributed by atoms with Gasteiger partial charge in [-0.25, -0.2) is 8.42 Å². The minimum atomic E-state index is -3.62. The number of nitrogens with zero attached hydrogens (tertiary/aromatic N) is 2. The Morgan fingerprint density at radius 1 is 1.28 bits per heavy atom. The van der Waals surface area contributed by atoms with Gasteiger partial charge in [-0.2, -0.15) is 4.31 Å². The number of carbonyl (C=O) groups is 2. The van der Waals surface area contributed by atoms with Gasteiger partial charge in [-0.3, -0.25) is 9.59 Å². The van der Waals surface area contributed by atoms with E-state index in [0.717, 1.165) is 0 Å². The van der Waals surface area contributed by atoms with Gasteiger partial charge in [0, 0.05) is 31.7 Å². The predicted octanol–water partition coefficient (Wildman–Crippen LogP) is 1.05. The number of nitrogens with two attached hydrogens (primary N) is 1. The van der Waals surface area contributed by atoms with Crippen LogP contribution in [0, 0.1) is 5.92 Å². The summed E-state index contributed by atoms with van der Waals surface area (Å²) in [4.78, 5) is 25.8. The van der Waals surface area contributed by atoms with Crippen molar-refractivity contribution in [2.24, 2.45) is 11.7 Å². The lowest BCUT2D eigenvalue weighted by atomic mass is 9.97. The third kappa shape index (κ3) is 4.19. The van der Waals surface area contributed by atoms with Gasteiger partial charge in [-0.1, -0.05) is 19.9 Å². The minimum absolute atomic E-state index is 0.102. The molecule has 1 aromatic rings. The highest BCUT2D eigenvalue weighted by atomic mass is 32.2. The van der Waals surface area contributed by atoms with Crippen LogP contribution in [0.15, 0.2) is 29.2 Å². The van der Waals surface area contributed by atoms with Gasteiger partial charge in [0.2, 0.25) is 15.9 Å². The van der Waals surface area contributed by atoms with E-state index in [0.29, 0.717) is 38.0 Å². The SMILES string of the molecule is CCN(CC)S(=O)(=O)c1cccc(C(=O)N2CCC[C@@H](C(N)=O)C2)c1. The Morgan fingerprint density at radius 2 is 1.96 bits per heavy atom. The Balaban J connectivity index is 2.26. The van der Waals surface area contributed by atoms with Crippen LogP contribution in [0.1, 0.15) is 37.0 Å². The Kier molecular flexibility index (Phi) is 6.18. The number of hydrogen-bond donors (Lipinski definition) is 1. The van der Waals surface area contributed by atoms with Crippen LogP contribution < -0.4 is 5.73 Å². The van der Waals surface area contributed by atoms with Crippen LogP contribution in [-0.2, 0) is 14.8 Å². The van der Waals surface area contributed by atoms with Gasteiger partial charge in [0.25, 0.3) is 5.91 Å². The number of likely N-dealkylation sites (tertiary alicyclic amines) is 1. The summed E-state index contributed by atoms with van der Waals surface area (Å²) in [5.74, 6) is -1.03. The molecule has 1 fully saturated rings. The predicted molar refractivity (Wildman–Crippen MR) is 94.4 cm³/mol. The first-order chi connectivity index (χ1) is 11.8. The lowest BCUT2D eigenvalue weighted by Gasteiger charge is -2.31. The van der Waals surface area contributed by atoms with E-state index in [4.69, 9.17) is 5.73 Å². The third-order valence-corrected chi connectivity index (χ3v) is 6.58. The monoisotopic (exact) mass is 367 g/mol. The Hall–Kier alpha value is -1.93. The molecule has 0 aromatic heterocycles. The molecule has 0 unspecified atom stereocenters. The molecule has 1 aromatic carbocycles. The number of hydrogen-bond acceptors (Lipinski definition) is 4. The first-order valence-electron chi connectivity index (χ1n) is 8.50. The van der Waals surface area contributed by atoms with Crippen LogP contribution in [0.3, 0.4) is 0 Å². The van der Waals surface area contributed by atoms with Gasteiger partial charge >= 0.3 is 0 Å². The molecular weight excluding hydrogens is 342 g/mol. The average Bonchev–Trinajstić information content (AvgIpc) is 2.62. The Labute approximate surface area is 148 Å². The van der Waals surface area contributed by atoms with E-state index in [-0.39, 0.29) is 23.3 Å². The second-order valence-electron chi connectivity index (χ2n) is 6.11. The van der Waals surface area contributed by atoms with Gasteiger partial charge in [0.1, 0.15) is 0 Å². The number of sulfonamides is 1. The maximum absolute atomic E-state index is 12.7. The molecule has 138 valence electrons. The second kappa shape index (κ2) is 7.97. The molecule has 1 atom stereocenters. The summed E-state index contributed by atoms with van der Waals surface area (Å²) in [5.41, 5.74) is 5.66. The smallest absolute Gasteiger partial charge is 0.253 e. The zero-order valence-electron chi connectivity index (χ0n) is 14.6.